The van der Waals surface area contributed by atoms with Crippen LogP contribution >= 0.6 is 23.2 Å². The van der Waals surface area contributed by atoms with Crippen molar-refractivity contribution >= 4 is 29.1 Å². The van der Waals surface area contributed by atoms with E-state index in [4.69, 9.17) is 23.2 Å². The lowest BCUT2D eigenvalue weighted by molar-refractivity contribution is -0.121. The molecule has 2 N–H and O–H groups in total. The van der Waals surface area contributed by atoms with Gasteiger partial charge in [-0.05, 0) is 43.2 Å². The molecule has 0 bridgehead atoms. The quantitative estimate of drug-likeness (QED) is 0.803. The lowest BCUT2D eigenvalue weighted by atomic mass is 10.1. The molecule has 2 aromatic carbocycles. The Labute approximate surface area is 147 Å². The molecule has 3 nitrogen and oxygen atoms in total. The van der Waals surface area contributed by atoms with Crippen LogP contribution in [-0.2, 0) is 4.79 Å². The van der Waals surface area contributed by atoms with Crippen LogP contribution in [0.5, 0.6) is 0 Å². The Balaban J connectivity index is 1.86. The van der Waals surface area contributed by atoms with Gasteiger partial charge < -0.3 is 10.6 Å². The zero-order valence-corrected chi connectivity index (χ0v) is 14.7. The van der Waals surface area contributed by atoms with Crippen LogP contribution in [0, 0.1) is 0 Å². The second-order valence-electron chi connectivity index (χ2n) is 5.47. The zero-order chi connectivity index (χ0) is 16.8. The van der Waals surface area contributed by atoms with E-state index in [0.29, 0.717) is 10.0 Å². The highest BCUT2D eigenvalue weighted by atomic mass is 35.5. The van der Waals surface area contributed by atoms with Gasteiger partial charge in [-0.1, -0.05) is 53.5 Å². The van der Waals surface area contributed by atoms with E-state index in [0.717, 1.165) is 11.1 Å². The van der Waals surface area contributed by atoms with Crippen LogP contribution in [0.2, 0.25) is 10.0 Å². The van der Waals surface area contributed by atoms with Crippen LogP contribution in [-0.4, -0.2) is 12.5 Å². The molecule has 0 saturated heterocycles. The fraction of sp³-hybridized carbons (Fsp3) is 0.278. The summed E-state index contributed by atoms with van der Waals surface area (Å²) in [5.74, 6) is -0.0728. The molecule has 0 heterocycles. The van der Waals surface area contributed by atoms with E-state index >= 15 is 0 Å². The fourth-order valence-electron chi connectivity index (χ4n) is 2.33. The Hall–Kier alpha value is -1.55. The summed E-state index contributed by atoms with van der Waals surface area (Å²) in [4.78, 5) is 12.1. The van der Waals surface area contributed by atoms with Crippen molar-refractivity contribution in [1.29, 1.82) is 0 Å². The maximum Gasteiger partial charge on any atom is 0.234 e. The van der Waals surface area contributed by atoms with Gasteiger partial charge in [0.05, 0.1) is 12.6 Å². The van der Waals surface area contributed by atoms with Crippen molar-refractivity contribution in [2.24, 2.45) is 0 Å². The van der Waals surface area contributed by atoms with Crippen molar-refractivity contribution in [3.63, 3.8) is 0 Å². The molecule has 0 aliphatic carbocycles. The van der Waals surface area contributed by atoms with Gasteiger partial charge >= 0.3 is 0 Å². The highest BCUT2D eigenvalue weighted by Crippen LogP contribution is 2.22. The molecule has 0 radical (unpaired) electrons. The Kier molecular flexibility index (Phi) is 6.46. The maximum absolute atomic E-state index is 12.1. The topological polar surface area (TPSA) is 41.1 Å². The molecule has 0 aliphatic rings. The monoisotopic (exact) mass is 350 g/mol. The minimum atomic E-state index is -0.0985. The molecular formula is C18H20Cl2N2O. The van der Waals surface area contributed by atoms with E-state index in [2.05, 4.69) is 10.6 Å². The third-order valence-corrected chi connectivity index (χ3v) is 4.25. The number of carbonyl (C=O) groups is 1. The number of amides is 1. The molecule has 5 heteroatoms. The van der Waals surface area contributed by atoms with Crippen molar-refractivity contribution in [2.45, 2.75) is 25.9 Å². The highest BCUT2D eigenvalue weighted by molar-refractivity contribution is 6.31. The Morgan fingerprint density at radius 2 is 1.78 bits per heavy atom. The van der Waals surface area contributed by atoms with Crippen molar-refractivity contribution in [2.75, 3.05) is 6.54 Å². The standard InChI is InChI=1S/C18H20Cl2N2O/c1-12(14-6-5-7-15(19)10-14)22-18(23)11-21-13(2)16-8-3-4-9-17(16)20/h3-10,12-13,21H,11H2,1-2H3,(H,22,23). The van der Waals surface area contributed by atoms with Crippen LogP contribution in [0.1, 0.15) is 37.1 Å². The van der Waals surface area contributed by atoms with E-state index in [1.54, 1.807) is 0 Å². The lowest BCUT2D eigenvalue weighted by Gasteiger charge is -2.18. The fourth-order valence-corrected chi connectivity index (χ4v) is 2.83. The van der Waals surface area contributed by atoms with Crippen molar-refractivity contribution in [3.8, 4) is 0 Å². The normalized spacial score (nSPS) is 13.4. The second kappa shape index (κ2) is 8.34. The summed E-state index contributed by atoms with van der Waals surface area (Å²) in [5.41, 5.74) is 1.95. The maximum atomic E-state index is 12.1. The first-order valence-electron chi connectivity index (χ1n) is 7.50. The predicted molar refractivity (Wildman–Crippen MR) is 95.9 cm³/mol. The smallest absolute Gasteiger partial charge is 0.234 e. The first-order chi connectivity index (χ1) is 11.0. The molecule has 0 fully saturated rings. The number of rotatable bonds is 6. The van der Waals surface area contributed by atoms with Crippen LogP contribution in [0.3, 0.4) is 0 Å². The van der Waals surface area contributed by atoms with E-state index in [9.17, 15) is 4.79 Å². The highest BCUT2D eigenvalue weighted by Gasteiger charge is 2.13. The molecule has 122 valence electrons. The molecule has 1 amide bonds. The molecule has 2 atom stereocenters. The molecule has 2 rings (SSSR count). The van der Waals surface area contributed by atoms with Crippen LogP contribution in [0.15, 0.2) is 48.5 Å². The molecule has 0 aliphatic heterocycles. The summed E-state index contributed by atoms with van der Waals surface area (Å²) < 4.78 is 0. The largest absolute Gasteiger partial charge is 0.348 e. The average Bonchev–Trinajstić information content (AvgIpc) is 2.53. The Morgan fingerprint density at radius 1 is 1.04 bits per heavy atom. The van der Waals surface area contributed by atoms with E-state index in [1.807, 2.05) is 62.4 Å². The summed E-state index contributed by atoms with van der Waals surface area (Å²) in [7, 11) is 0. The lowest BCUT2D eigenvalue weighted by Crippen LogP contribution is -2.36. The number of carbonyl (C=O) groups excluding carboxylic acids is 1. The number of nitrogens with one attached hydrogen (secondary N) is 2. The second-order valence-corrected chi connectivity index (χ2v) is 6.31. The molecular weight excluding hydrogens is 331 g/mol. The number of hydrogen-bond acceptors (Lipinski definition) is 2. The van der Waals surface area contributed by atoms with Gasteiger partial charge in [-0.3, -0.25) is 4.79 Å². The van der Waals surface area contributed by atoms with Crippen LogP contribution in [0.25, 0.3) is 0 Å². The average molecular weight is 351 g/mol. The molecule has 23 heavy (non-hydrogen) atoms. The first-order valence-corrected chi connectivity index (χ1v) is 8.25. The summed E-state index contributed by atoms with van der Waals surface area (Å²) in [6, 6.07) is 15.0. The van der Waals surface area contributed by atoms with Gasteiger partial charge in [-0.15, -0.1) is 0 Å². The van der Waals surface area contributed by atoms with Gasteiger partial charge in [0.15, 0.2) is 0 Å². The number of benzene rings is 2. The number of hydrogen-bond donors (Lipinski definition) is 2. The van der Waals surface area contributed by atoms with E-state index in [1.165, 1.54) is 0 Å². The molecule has 2 aromatic rings. The van der Waals surface area contributed by atoms with Gasteiger partial charge in [-0.25, -0.2) is 0 Å². The minimum Gasteiger partial charge on any atom is -0.348 e. The molecule has 0 spiro atoms. The van der Waals surface area contributed by atoms with E-state index in [-0.39, 0.29) is 24.5 Å². The van der Waals surface area contributed by atoms with Gasteiger partial charge in [0.1, 0.15) is 0 Å². The third kappa shape index (κ3) is 5.24. The Bertz CT molecular complexity index is 676. The SMILES string of the molecule is CC(NC(=O)CNC(C)c1ccccc1Cl)c1cccc(Cl)c1. The van der Waals surface area contributed by atoms with Gasteiger partial charge in [0.25, 0.3) is 0 Å². The summed E-state index contributed by atoms with van der Waals surface area (Å²) >= 11 is 12.1. The molecule has 2 unspecified atom stereocenters. The number of halogens is 2. The van der Waals surface area contributed by atoms with Crippen LogP contribution < -0.4 is 10.6 Å². The summed E-state index contributed by atoms with van der Waals surface area (Å²) in [6.07, 6.45) is 0. The van der Waals surface area contributed by atoms with Crippen molar-refractivity contribution < 1.29 is 4.79 Å². The third-order valence-electron chi connectivity index (χ3n) is 3.67. The van der Waals surface area contributed by atoms with Gasteiger partial charge in [-0.2, -0.15) is 0 Å². The van der Waals surface area contributed by atoms with E-state index < -0.39 is 0 Å². The zero-order valence-electron chi connectivity index (χ0n) is 13.1. The first kappa shape index (κ1) is 17.8. The van der Waals surface area contributed by atoms with Crippen molar-refractivity contribution in [1.82, 2.24) is 10.6 Å². The van der Waals surface area contributed by atoms with Crippen LogP contribution in [0.4, 0.5) is 0 Å². The molecule has 0 aromatic heterocycles. The predicted octanol–water partition coefficient (Wildman–Crippen LogP) is 4.52. The van der Waals surface area contributed by atoms with Crippen molar-refractivity contribution in [3.05, 3.63) is 69.7 Å². The Morgan fingerprint density at radius 3 is 2.48 bits per heavy atom. The summed E-state index contributed by atoms with van der Waals surface area (Å²) in [6.45, 7) is 4.13. The van der Waals surface area contributed by atoms with Gasteiger partial charge in [0.2, 0.25) is 5.91 Å². The van der Waals surface area contributed by atoms with Gasteiger partial charge in [0, 0.05) is 16.1 Å². The minimum absolute atomic E-state index is 0.00377. The summed E-state index contributed by atoms with van der Waals surface area (Å²) in [5, 5.41) is 7.49. The molecule has 0 saturated carbocycles.